The van der Waals surface area contributed by atoms with E-state index >= 15 is 0 Å². The predicted octanol–water partition coefficient (Wildman–Crippen LogP) is 0.361. The molecule has 0 aliphatic carbocycles. The molecule has 0 aliphatic rings. The van der Waals surface area contributed by atoms with Crippen molar-refractivity contribution in [3.8, 4) is 0 Å². The fraction of sp³-hybridized carbons (Fsp3) is 0.143. The number of hydrogen-bond donors (Lipinski definition) is 1. The molecule has 0 aromatic carbocycles. The third kappa shape index (κ3) is 1.40. The number of nitrogens with one attached hydrogen (secondary N) is 1. The zero-order valence-electron chi connectivity index (χ0n) is 6.85. The molecule has 2 aromatic heterocycles. The molecule has 0 aliphatic heterocycles. The number of aromatic nitrogens is 3. The highest BCUT2D eigenvalue weighted by Crippen LogP contribution is 2.10. The van der Waals surface area contributed by atoms with Gasteiger partial charge in [-0.15, -0.1) is 0 Å². The van der Waals surface area contributed by atoms with Gasteiger partial charge in [0.1, 0.15) is 5.52 Å². The number of rotatable bonds is 1. The molecule has 68 valence electrons. The van der Waals surface area contributed by atoms with Crippen molar-refractivity contribution in [2.24, 2.45) is 0 Å². The molecule has 2 rings (SSSR count). The van der Waals surface area contributed by atoms with Crippen LogP contribution >= 0.6 is 0 Å². The van der Waals surface area contributed by atoms with E-state index in [0.29, 0.717) is 11.2 Å². The Bertz CT molecular complexity index is 511. The molecule has 0 bridgehead atoms. The van der Waals surface area contributed by atoms with E-state index < -0.39 is 9.84 Å². The normalized spacial score (nSPS) is 12.1. The van der Waals surface area contributed by atoms with Crippen LogP contribution < -0.4 is 0 Å². The van der Waals surface area contributed by atoms with Crippen LogP contribution in [-0.2, 0) is 9.84 Å². The van der Waals surface area contributed by atoms with Gasteiger partial charge < -0.3 is 4.98 Å². The van der Waals surface area contributed by atoms with Crippen molar-refractivity contribution in [1.82, 2.24) is 15.0 Å². The monoisotopic (exact) mass is 197 g/mol. The third-order valence-corrected chi connectivity index (χ3v) is 2.48. The highest BCUT2D eigenvalue weighted by Gasteiger charge is 2.12. The largest absolute Gasteiger partial charge is 0.313 e. The van der Waals surface area contributed by atoms with E-state index in [2.05, 4.69) is 15.0 Å². The van der Waals surface area contributed by atoms with Crippen LogP contribution in [0, 0.1) is 0 Å². The fourth-order valence-electron chi connectivity index (χ4n) is 0.998. The maximum Gasteiger partial charge on any atom is 0.226 e. The molecule has 1 N–H and O–H groups in total. The van der Waals surface area contributed by atoms with Gasteiger partial charge in [0, 0.05) is 12.5 Å². The molecule has 0 spiro atoms. The summed E-state index contributed by atoms with van der Waals surface area (Å²) in [5.41, 5.74) is 1.05. The summed E-state index contributed by atoms with van der Waals surface area (Å²) in [6, 6.07) is 3.41. The summed E-state index contributed by atoms with van der Waals surface area (Å²) in [7, 11) is -3.27. The lowest BCUT2D eigenvalue weighted by Gasteiger charge is -1.86. The molecule has 13 heavy (non-hydrogen) atoms. The number of nitrogens with zero attached hydrogens (tertiary/aromatic N) is 2. The van der Waals surface area contributed by atoms with E-state index in [0.717, 1.165) is 6.26 Å². The molecular formula is C7H7N3O2S. The Balaban J connectivity index is 2.77. The van der Waals surface area contributed by atoms with Crippen molar-refractivity contribution in [3.63, 3.8) is 0 Å². The first-order valence-electron chi connectivity index (χ1n) is 3.58. The number of aromatic amines is 1. The average Bonchev–Trinajstić information content (AvgIpc) is 2.45. The first-order valence-corrected chi connectivity index (χ1v) is 5.47. The van der Waals surface area contributed by atoms with E-state index in [9.17, 15) is 8.42 Å². The van der Waals surface area contributed by atoms with E-state index in [1.165, 1.54) is 0 Å². The maximum absolute atomic E-state index is 11.1. The van der Waals surface area contributed by atoms with Gasteiger partial charge in [0.25, 0.3) is 0 Å². The third-order valence-electron chi connectivity index (χ3n) is 1.58. The summed E-state index contributed by atoms with van der Waals surface area (Å²) in [5, 5.41) is -0.0406. The second-order valence-corrected chi connectivity index (χ2v) is 4.62. The summed E-state index contributed by atoms with van der Waals surface area (Å²) in [4.78, 5) is 10.4. The fourth-order valence-corrected chi connectivity index (χ4v) is 1.54. The Morgan fingerprint density at radius 3 is 2.85 bits per heavy atom. The molecule has 0 fully saturated rings. The molecule has 0 radical (unpaired) electrons. The second-order valence-electron chi connectivity index (χ2n) is 2.69. The van der Waals surface area contributed by atoms with Crippen LogP contribution in [0.5, 0.6) is 0 Å². The highest BCUT2D eigenvalue weighted by atomic mass is 32.2. The molecule has 2 heterocycles. The number of hydrogen-bond acceptors (Lipinski definition) is 4. The van der Waals surface area contributed by atoms with Crippen LogP contribution in [0.25, 0.3) is 11.2 Å². The lowest BCUT2D eigenvalue weighted by Crippen LogP contribution is -1.98. The first-order chi connectivity index (χ1) is 6.07. The summed E-state index contributed by atoms with van der Waals surface area (Å²) >= 11 is 0. The van der Waals surface area contributed by atoms with Crippen molar-refractivity contribution in [2.75, 3.05) is 6.26 Å². The highest BCUT2D eigenvalue weighted by molar-refractivity contribution is 7.90. The Labute approximate surface area is 74.8 Å². The number of sulfone groups is 1. The van der Waals surface area contributed by atoms with Crippen LogP contribution in [-0.4, -0.2) is 29.6 Å². The van der Waals surface area contributed by atoms with E-state index in [4.69, 9.17) is 0 Å². The topological polar surface area (TPSA) is 75.7 Å². The summed E-state index contributed by atoms with van der Waals surface area (Å²) in [6.07, 6.45) is 2.68. The average molecular weight is 197 g/mol. The molecule has 0 saturated heterocycles. The molecule has 5 nitrogen and oxygen atoms in total. The molecule has 0 amide bonds. The standard InChI is InChI=1S/C7H7N3O2S/c1-13(11,12)7-9-5-3-2-4-8-6(5)10-7/h2-4H,1H3,(H,8,9,10). The van der Waals surface area contributed by atoms with Crippen LogP contribution in [0.15, 0.2) is 23.5 Å². The Morgan fingerprint density at radius 2 is 2.23 bits per heavy atom. The quantitative estimate of drug-likeness (QED) is 0.716. The number of pyridine rings is 1. The summed E-state index contributed by atoms with van der Waals surface area (Å²) in [6.45, 7) is 0. The van der Waals surface area contributed by atoms with Gasteiger partial charge in [-0.3, -0.25) is 0 Å². The molecular weight excluding hydrogens is 190 g/mol. The molecule has 2 aromatic rings. The first kappa shape index (κ1) is 8.18. The molecule has 0 saturated carbocycles. The van der Waals surface area contributed by atoms with Gasteiger partial charge >= 0.3 is 0 Å². The lowest BCUT2D eigenvalue weighted by atomic mass is 10.4. The van der Waals surface area contributed by atoms with Crippen LogP contribution in [0.4, 0.5) is 0 Å². The molecule has 0 unspecified atom stereocenters. The van der Waals surface area contributed by atoms with Gasteiger partial charge in [-0.1, -0.05) is 0 Å². The second kappa shape index (κ2) is 2.53. The van der Waals surface area contributed by atoms with Crippen LogP contribution in [0.2, 0.25) is 0 Å². The van der Waals surface area contributed by atoms with Gasteiger partial charge in [0.2, 0.25) is 15.0 Å². The Kier molecular flexibility index (Phi) is 1.59. The zero-order chi connectivity index (χ0) is 9.47. The smallest absolute Gasteiger partial charge is 0.226 e. The minimum atomic E-state index is -3.27. The summed E-state index contributed by atoms with van der Waals surface area (Å²) < 4.78 is 22.2. The van der Waals surface area contributed by atoms with Crippen molar-refractivity contribution in [2.45, 2.75) is 5.16 Å². The predicted molar refractivity (Wildman–Crippen MR) is 47.0 cm³/mol. The van der Waals surface area contributed by atoms with Gasteiger partial charge in [-0.2, -0.15) is 0 Å². The van der Waals surface area contributed by atoms with Gasteiger partial charge in [0.15, 0.2) is 5.65 Å². The van der Waals surface area contributed by atoms with Gasteiger partial charge in [-0.05, 0) is 12.1 Å². The van der Waals surface area contributed by atoms with Crippen LogP contribution in [0.1, 0.15) is 0 Å². The molecule has 6 heteroatoms. The summed E-state index contributed by atoms with van der Waals surface area (Å²) in [5.74, 6) is 0. The minimum Gasteiger partial charge on any atom is -0.313 e. The van der Waals surface area contributed by atoms with Crippen molar-refractivity contribution in [3.05, 3.63) is 18.3 Å². The molecule has 0 atom stereocenters. The number of imidazole rings is 1. The lowest BCUT2D eigenvalue weighted by molar-refractivity contribution is 0.595. The van der Waals surface area contributed by atoms with Crippen LogP contribution in [0.3, 0.4) is 0 Å². The number of H-pyrrole nitrogens is 1. The van der Waals surface area contributed by atoms with Crippen molar-refractivity contribution in [1.29, 1.82) is 0 Å². The van der Waals surface area contributed by atoms with E-state index in [1.807, 2.05) is 0 Å². The Hall–Kier alpha value is -1.43. The van der Waals surface area contributed by atoms with Crippen molar-refractivity contribution < 1.29 is 8.42 Å². The van der Waals surface area contributed by atoms with Crippen molar-refractivity contribution >= 4 is 21.0 Å². The zero-order valence-corrected chi connectivity index (χ0v) is 7.67. The number of fused-ring (bicyclic) bond motifs is 1. The maximum atomic E-state index is 11.1. The van der Waals surface area contributed by atoms with Gasteiger partial charge in [0.05, 0.1) is 0 Å². The van der Waals surface area contributed by atoms with E-state index in [-0.39, 0.29) is 5.16 Å². The SMILES string of the molecule is CS(=O)(=O)c1nc2cccnc2[nH]1. The Morgan fingerprint density at radius 1 is 1.46 bits per heavy atom. The minimum absolute atomic E-state index is 0.0406. The van der Waals surface area contributed by atoms with E-state index in [1.54, 1.807) is 18.3 Å². The van der Waals surface area contributed by atoms with Gasteiger partial charge in [-0.25, -0.2) is 18.4 Å².